The molecule has 6 N–H and O–H groups in total. The molecule has 7 atom stereocenters. The van der Waals surface area contributed by atoms with E-state index in [1.54, 1.807) is 6.08 Å². The highest BCUT2D eigenvalue weighted by Crippen LogP contribution is 2.23. The molecule has 1 fully saturated rings. The fraction of sp³-hybridized carbons (Fsp3) is 0.904. The Morgan fingerprint density at radius 3 is 1.33 bits per heavy atom. The largest absolute Gasteiger partial charge is 0.394 e. The minimum absolute atomic E-state index is 0.175. The van der Waals surface area contributed by atoms with Gasteiger partial charge in [-0.3, -0.25) is 4.79 Å². The van der Waals surface area contributed by atoms with Crippen molar-refractivity contribution in [3.05, 3.63) is 24.3 Å². The molecule has 1 rings (SSSR count). The molecule has 1 aliphatic heterocycles. The van der Waals surface area contributed by atoms with Gasteiger partial charge < -0.3 is 40.3 Å². The van der Waals surface area contributed by atoms with Gasteiger partial charge in [-0.25, -0.2) is 0 Å². The highest BCUT2D eigenvalue weighted by Gasteiger charge is 2.44. The number of aliphatic hydroxyl groups excluding tert-OH is 5. The molecular formula is C52H99NO8. The van der Waals surface area contributed by atoms with Gasteiger partial charge >= 0.3 is 0 Å². The van der Waals surface area contributed by atoms with E-state index in [0.29, 0.717) is 6.42 Å². The smallest absolute Gasteiger partial charge is 0.220 e. The quantitative estimate of drug-likeness (QED) is 0.0262. The summed E-state index contributed by atoms with van der Waals surface area (Å²) in [6.45, 7) is 3.78. The van der Waals surface area contributed by atoms with Crippen LogP contribution in [0.15, 0.2) is 24.3 Å². The van der Waals surface area contributed by atoms with Crippen molar-refractivity contribution in [1.29, 1.82) is 0 Å². The lowest BCUT2D eigenvalue weighted by atomic mass is 9.99. The summed E-state index contributed by atoms with van der Waals surface area (Å²) in [5, 5.41) is 54.3. The minimum Gasteiger partial charge on any atom is -0.394 e. The van der Waals surface area contributed by atoms with Crippen LogP contribution in [-0.4, -0.2) is 87.5 Å². The number of hydrogen-bond acceptors (Lipinski definition) is 8. The fourth-order valence-corrected chi connectivity index (χ4v) is 8.33. The summed E-state index contributed by atoms with van der Waals surface area (Å²) in [5.74, 6) is -0.175. The minimum atomic E-state index is -1.56. The first-order valence-electron chi connectivity index (χ1n) is 26.1. The number of nitrogens with one attached hydrogen (secondary N) is 1. The molecule has 0 saturated carbocycles. The van der Waals surface area contributed by atoms with Crippen LogP contribution in [0.1, 0.15) is 245 Å². The molecule has 1 heterocycles. The van der Waals surface area contributed by atoms with E-state index in [2.05, 4.69) is 31.3 Å². The van der Waals surface area contributed by atoms with Crippen molar-refractivity contribution in [2.75, 3.05) is 13.2 Å². The SMILES string of the molecule is CCCCCCCCCC/C=C\CCCCCCCCCCCCCCCC(=O)NC(COC1OC(CO)C(O)C(O)C1O)C(O)/C=C/CCCCCCCCCCCCC. The first kappa shape index (κ1) is 57.7. The number of allylic oxidation sites excluding steroid dienone is 3. The summed E-state index contributed by atoms with van der Waals surface area (Å²) in [7, 11) is 0. The number of carbonyl (C=O) groups excluding carboxylic acids is 1. The average Bonchev–Trinajstić information content (AvgIpc) is 3.26. The van der Waals surface area contributed by atoms with Crippen molar-refractivity contribution >= 4 is 5.91 Å². The number of ether oxygens (including phenoxy) is 2. The Morgan fingerprint density at radius 1 is 0.541 bits per heavy atom. The van der Waals surface area contributed by atoms with E-state index >= 15 is 0 Å². The van der Waals surface area contributed by atoms with Crippen LogP contribution in [0.5, 0.6) is 0 Å². The highest BCUT2D eigenvalue weighted by atomic mass is 16.7. The van der Waals surface area contributed by atoms with Crippen LogP contribution >= 0.6 is 0 Å². The van der Waals surface area contributed by atoms with Gasteiger partial charge in [0.25, 0.3) is 0 Å². The summed E-state index contributed by atoms with van der Waals surface area (Å²) in [6.07, 6.45) is 45.2. The molecule has 0 aromatic carbocycles. The average molecular weight is 866 g/mol. The van der Waals surface area contributed by atoms with E-state index in [1.165, 1.54) is 186 Å². The van der Waals surface area contributed by atoms with Crippen LogP contribution < -0.4 is 5.32 Å². The fourth-order valence-electron chi connectivity index (χ4n) is 8.33. The van der Waals surface area contributed by atoms with E-state index < -0.39 is 49.5 Å². The van der Waals surface area contributed by atoms with Crippen LogP contribution in [0.4, 0.5) is 0 Å². The maximum atomic E-state index is 13.0. The first-order chi connectivity index (χ1) is 29.8. The number of rotatable bonds is 44. The molecule has 0 spiro atoms. The van der Waals surface area contributed by atoms with Gasteiger partial charge in [0.2, 0.25) is 5.91 Å². The van der Waals surface area contributed by atoms with E-state index in [0.717, 1.165) is 38.5 Å². The molecule has 0 bridgehead atoms. The zero-order valence-electron chi connectivity index (χ0n) is 39.7. The number of carbonyl (C=O) groups is 1. The molecule has 360 valence electrons. The third-order valence-electron chi connectivity index (χ3n) is 12.5. The van der Waals surface area contributed by atoms with Crippen LogP contribution in [-0.2, 0) is 14.3 Å². The summed E-state index contributed by atoms with van der Waals surface area (Å²) in [6, 6.07) is -0.801. The Bertz CT molecular complexity index is 1010. The second-order valence-corrected chi connectivity index (χ2v) is 18.3. The molecule has 7 unspecified atom stereocenters. The Labute approximate surface area is 375 Å². The van der Waals surface area contributed by atoms with E-state index in [9.17, 15) is 30.3 Å². The molecule has 9 nitrogen and oxygen atoms in total. The third-order valence-corrected chi connectivity index (χ3v) is 12.5. The number of amides is 1. The Kier molecular flexibility index (Phi) is 40.3. The van der Waals surface area contributed by atoms with Crippen molar-refractivity contribution in [2.24, 2.45) is 0 Å². The van der Waals surface area contributed by atoms with Crippen LogP contribution in [0.3, 0.4) is 0 Å². The van der Waals surface area contributed by atoms with Crippen molar-refractivity contribution in [2.45, 2.75) is 288 Å². The molecule has 0 aromatic rings. The van der Waals surface area contributed by atoms with E-state index in [1.807, 2.05) is 6.08 Å². The Morgan fingerprint density at radius 2 is 0.918 bits per heavy atom. The lowest BCUT2D eigenvalue weighted by molar-refractivity contribution is -0.302. The normalized spacial score (nSPS) is 20.5. The van der Waals surface area contributed by atoms with Crippen LogP contribution in [0, 0.1) is 0 Å². The zero-order chi connectivity index (χ0) is 44.4. The van der Waals surface area contributed by atoms with Gasteiger partial charge in [-0.15, -0.1) is 0 Å². The molecule has 1 saturated heterocycles. The molecule has 1 aliphatic rings. The van der Waals surface area contributed by atoms with Gasteiger partial charge in [-0.1, -0.05) is 218 Å². The second-order valence-electron chi connectivity index (χ2n) is 18.3. The van der Waals surface area contributed by atoms with Crippen molar-refractivity contribution in [1.82, 2.24) is 5.32 Å². The van der Waals surface area contributed by atoms with Crippen molar-refractivity contribution in [3.8, 4) is 0 Å². The standard InChI is InChI=1S/C52H99NO8/c1-3-5-7-9-11-13-15-17-18-19-20-21-22-23-24-25-26-27-28-30-32-34-36-38-40-42-48(56)53-45(44-60-52-51(59)50(58)49(57)47(43-54)61-52)46(55)41-39-37-35-33-31-29-16-14-12-10-8-6-4-2/h19-20,39,41,45-47,49-52,54-55,57-59H,3-18,21-38,40,42-44H2,1-2H3,(H,53,56)/b20-19-,41-39+. The van der Waals surface area contributed by atoms with Crippen molar-refractivity contribution < 1.29 is 39.8 Å². The summed E-state index contributed by atoms with van der Waals surface area (Å²) < 4.78 is 11.2. The predicted octanol–water partition coefficient (Wildman–Crippen LogP) is 11.8. The number of unbranched alkanes of at least 4 members (excludes halogenated alkanes) is 32. The summed E-state index contributed by atoms with van der Waals surface area (Å²) >= 11 is 0. The van der Waals surface area contributed by atoms with Gasteiger partial charge in [0, 0.05) is 6.42 Å². The summed E-state index contributed by atoms with van der Waals surface area (Å²) in [4.78, 5) is 13.0. The first-order valence-corrected chi connectivity index (χ1v) is 26.1. The zero-order valence-corrected chi connectivity index (χ0v) is 39.7. The molecule has 0 radical (unpaired) electrons. The molecule has 1 amide bonds. The Hall–Kier alpha value is -1.33. The second kappa shape index (κ2) is 42.6. The monoisotopic (exact) mass is 866 g/mol. The van der Waals surface area contributed by atoms with Gasteiger partial charge in [0.15, 0.2) is 6.29 Å². The van der Waals surface area contributed by atoms with Gasteiger partial charge in [0.05, 0.1) is 25.4 Å². The number of hydrogen-bond donors (Lipinski definition) is 6. The van der Waals surface area contributed by atoms with Gasteiger partial charge in [-0.2, -0.15) is 0 Å². The van der Waals surface area contributed by atoms with Crippen LogP contribution in [0.25, 0.3) is 0 Å². The molecule has 0 aliphatic carbocycles. The lowest BCUT2D eigenvalue weighted by Crippen LogP contribution is -2.60. The van der Waals surface area contributed by atoms with Gasteiger partial charge in [0.1, 0.15) is 24.4 Å². The highest BCUT2D eigenvalue weighted by molar-refractivity contribution is 5.76. The maximum absolute atomic E-state index is 13.0. The molecule has 0 aromatic heterocycles. The molecule has 61 heavy (non-hydrogen) atoms. The topological polar surface area (TPSA) is 149 Å². The van der Waals surface area contributed by atoms with Gasteiger partial charge in [-0.05, 0) is 44.9 Å². The Balaban J connectivity index is 2.22. The lowest BCUT2D eigenvalue weighted by Gasteiger charge is -2.40. The maximum Gasteiger partial charge on any atom is 0.220 e. The van der Waals surface area contributed by atoms with E-state index in [-0.39, 0.29) is 12.5 Å². The number of aliphatic hydroxyl groups is 5. The third kappa shape index (κ3) is 32.9. The molecular weight excluding hydrogens is 767 g/mol. The van der Waals surface area contributed by atoms with E-state index in [4.69, 9.17) is 9.47 Å². The van der Waals surface area contributed by atoms with Crippen molar-refractivity contribution in [3.63, 3.8) is 0 Å². The summed E-state index contributed by atoms with van der Waals surface area (Å²) in [5.41, 5.74) is 0. The predicted molar refractivity (Wildman–Crippen MR) is 253 cm³/mol. The van der Waals surface area contributed by atoms with Crippen LogP contribution in [0.2, 0.25) is 0 Å². The molecule has 9 heteroatoms.